The van der Waals surface area contributed by atoms with Gasteiger partial charge < -0.3 is 15.1 Å². The van der Waals surface area contributed by atoms with E-state index < -0.39 is 11.5 Å². The van der Waals surface area contributed by atoms with Crippen LogP contribution in [0.2, 0.25) is 0 Å². The molecule has 0 aliphatic carbocycles. The number of likely N-dealkylation sites (N-methyl/N-ethyl adjacent to an activating group) is 1. The Labute approximate surface area is 198 Å². The molecular weight excluding hydrogens is 428 g/mol. The molecule has 1 aliphatic heterocycles. The molecule has 4 rings (SSSR count). The number of nitrogens with zero attached hydrogens (tertiary/aromatic N) is 3. The first-order chi connectivity index (χ1) is 16.4. The summed E-state index contributed by atoms with van der Waals surface area (Å²) >= 11 is 0. The quantitative estimate of drug-likeness (QED) is 0.577. The monoisotopic (exact) mass is 454 g/mol. The van der Waals surface area contributed by atoms with Crippen LogP contribution in [-0.4, -0.2) is 54.2 Å². The molecule has 1 aliphatic rings. The van der Waals surface area contributed by atoms with E-state index in [1.807, 2.05) is 61.5 Å². The second kappa shape index (κ2) is 9.36. The number of benzene rings is 3. The van der Waals surface area contributed by atoms with Crippen LogP contribution in [0.15, 0.2) is 66.7 Å². The molecule has 172 valence electrons. The van der Waals surface area contributed by atoms with Crippen molar-refractivity contribution in [3.63, 3.8) is 0 Å². The number of fused-ring (bicyclic) bond motifs is 1. The highest BCUT2D eigenvalue weighted by Crippen LogP contribution is 2.41. The molecule has 2 unspecified atom stereocenters. The number of rotatable bonds is 6. The third kappa shape index (κ3) is 4.35. The third-order valence-corrected chi connectivity index (χ3v) is 6.52. The van der Waals surface area contributed by atoms with Crippen molar-refractivity contribution < 1.29 is 14.4 Å². The first kappa shape index (κ1) is 23.0. The van der Waals surface area contributed by atoms with Gasteiger partial charge in [-0.05, 0) is 41.0 Å². The molecule has 2 atom stereocenters. The van der Waals surface area contributed by atoms with E-state index in [2.05, 4.69) is 11.4 Å². The van der Waals surface area contributed by atoms with Crippen LogP contribution >= 0.6 is 0 Å². The second-order valence-corrected chi connectivity index (χ2v) is 8.96. The fourth-order valence-electron chi connectivity index (χ4n) is 4.77. The Hall–Kier alpha value is -4.18. The summed E-state index contributed by atoms with van der Waals surface area (Å²) in [5.41, 5.74) is 1.53. The molecule has 1 saturated heterocycles. The van der Waals surface area contributed by atoms with Gasteiger partial charge in [-0.25, -0.2) is 0 Å². The number of carbonyl (C=O) groups is 3. The van der Waals surface area contributed by atoms with E-state index in [0.29, 0.717) is 30.6 Å². The van der Waals surface area contributed by atoms with Gasteiger partial charge in [-0.3, -0.25) is 14.4 Å². The Bertz CT molecular complexity index is 1300. The van der Waals surface area contributed by atoms with Gasteiger partial charge >= 0.3 is 0 Å². The van der Waals surface area contributed by atoms with Gasteiger partial charge in [-0.15, -0.1) is 0 Å². The van der Waals surface area contributed by atoms with E-state index >= 15 is 0 Å². The van der Waals surface area contributed by atoms with E-state index in [9.17, 15) is 19.6 Å². The van der Waals surface area contributed by atoms with Crippen LogP contribution in [0.25, 0.3) is 10.8 Å². The predicted molar refractivity (Wildman–Crippen MR) is 130 cm³/mol. The number of nitrogens with one attached hydrogen (secondary N) is 1. The number of anilines is 1. The lowest BCUT2D eigenvalue weighted by atomic mass is 9.79. The van der Waals surface area contributed by atoms with Gasteiger partial charge in [0.2, 0.25) is 12.3 Å². The molecule has 1 heterocycles. The molecule has 0 aromatic heterocycles. The molecule has 3 aromatic carbocycles. The highest BCUT2D eigenvalue weighted by Gasteiger charge is 2.45. The van der Waals surface area contributed by atoms with Gasteiger partial charge in [-0.2, -0.15) is 5.26 Å². The van der Waals surface area contributed by atoms with Crippen LogP contribution in [0.3, 0.4) is 0 Å². The lowest BCUT2D eigenvalue weighted by Crippen LogP contribution is -2.43. The van der Waals surface area contributed by atoms with E-state index in [4.69, 9.17) is 0 Å². The maximum Gasteiger partial charge on any atom is 0.254 e. The Morgan fingerprint density at radius 3 is 2.59 bits per heavy atom. The van der Waals surface area contributed by atoms with Crippen molar-refractivity contribution in [1.29, 1.82) is 5.26 Å². The summed E-state index contributed by atoms with van der Waals surface area (Å²) in [7, 11) is 1.59. The number of amides is 3. The molecule has 3 aromatic rings. The van der Waals surface area contributed by atoms with Gasteiger partial charge in [0.25, 0.3) is 5.91 Å². The predicted octanol–water partition coefficient (Wildman–Crippen LogP) is 3.56. The molecule has 1 fully saturated rings. The molecule has 7 heteroatoms. The zero-order valence-corrected chi connectivity index (χ0v) is 19.2. The van der Waals surface area contributed by atoms with E-state index in [0.717, 1.165) is 16.3 Å². The first-order valence-corrected chi connectivity index (χ1v) is 11.1. The van der Waals surface area contributed by atoms with E-state index in [-0.39, 0.29) is 18.4 Å². The van der Waals surface area contributed by atoms with Gasteiger partial charge in [0, 0.05) is 30.3 Å². The normalized spacial score (nSPS) is 19.4. The Kier molecular flexibility index (Phi) is 6.33. The van der Waals surface area contributed by atoms with Crippen molar-refractivity contribution in [2.75, 3.05) is 25.5 Å². The first-order valence-electron chi connectivity index (χ1n) is 11.1. The highest BCUT2D eigenvalue weighted by atomic mass is 16.2. The molecule has 0 saturated carbocycles. The summed E-state index contributed by atoms with van der Waals surface area (Å²) in [6.45, 7) is 2.17. The average Bonchev–Trinajstić information content (AvgIpc) is 3.21. The second-order valence-electron chi connectivity index (χ2n) is 8.96. The third-order valence-electron chi connectivity index (χ3n) is 6.52. The number of nitriles is 1. The number of likely N-dealkylation sites (tertiary alicyclic amines) is 1. The topological polar surface area (TPSA) is 93.5 Å². The maximum absolute atomic E-state index is 13.2. The summed E-state index contributed by atoms with van der Waals surface area (Å²) < 4.78 is 0. The number of para-hydroxylation sites is 1. The Morgan fingerprint density at radius 2 is 1.85 bits per heavy atom. The molecule has 0 bridgehead atoms. The molecular formula is C27H26N4O3. The fourth-order valence-corrected chi connectivity index (χ4v) is 4.77. The van der Waals surface area contributed by atoms with Crippen molar-refractivity contribution in [2.45, 2.75) is 24.8 Å². The van der Waals surface area contributed by atoms with Crippen LogP contribution < -0.4 is 5.32 Å². The van der Waals surface area contributed by atoms with Crippen LogP contribution in [0.1, 0.15) is 29.3 Å². The Balaban J connectivity index is 1.51. The Morgan fingerprint density at radius 1 is 1.15 bits per heavy atom. The minimum absolute atomic E-state index is 0.131. The summed E-state index contributed by atoms with van der Waals surface area (Å²) in [5, 5.41) is 14.5. The minimum atomic E-state index is -0.619. The summed E-state index contributed by atoms with van der Waals surface area (Å²) in [5.74, 6) is -0.539. The number of hydrogen-bond acceptors (Lipinski definition) is 4. The lowest BCUT2D eigenvalue weighted by molar-refractivity contribution is -0.131. The molecule has 0 radical (unpaired) electrons. The average molecular weight is 455 g/mol. The van der Waals surface area contributed by atoms with E-state index in [1.165, 1.54) is 4.90 Å². The number of carbonyl (C=O) groups excluding carboxylic acids is 3. The van der Waals surface area contributed by atoms with Gasteiger partial charge in [0.05, 0.1) is 12.6 Å². The highest BCUT2D eigenvalue weighted by molar-refractivity contribution is 6.00. The largest absolute Gasteiger partial charge is 0.332 e. The number of hydrogen-bond donors (Lipinski definition) is 1. The van der Waals surface area contributed by atoms with Crippen LogP contribution in [-0.2, 0) is 15.0 Å². The zero-order chi connectivity index (χ0) is 24.3. The van der Waals surface area contributed by atoms with Crippen molar-refractivity contribution in [1.82, 2.24) is 9.80 Å². The van der Waals surface area contributed by atoms with Crippen molar-refractivity contribution in [3.8, 4) is 6.07 Å². The zero-order valence-electron chi connectivity index (χ0n) is 19.2. The van der Waals surface area contributed by atoms with Crippen LogP contribution in [0.4, 0.5) is 5.69 Å². The van der Waals surface area contributed by atoms with Gasteiger partial charge in [0.15, 0.2) is 0 Å². The van der Waals surface area contributed by atoms with E-state index in [1.54, 1.807) is 24.1 Å². The minimum Gasteiger partial charge on any atom is -0.332 e. The molecule has 0 spiro atoms. The van der Waals surface area contributed by atoms with Crippen LogP contribution in [0, 0.1) is 11.3 Å². The summed E-state index contributed by atoms with van der Waals surface area (Å²) in [6.07, 6.45) is 1.06. The van der Waals surface area contributed by atoms with Gasteiger partial charge in [-0.1, -0.05) is 55.5 Å². The molecule has 3 amide bonds. The maximum atomic E-state index is 13.2. The summed E-state index contributed by atoms with van der Waals surface area (Å²) in [4.78, 5) is 40.2. The van der Waals surface area contributed by atoms with Crippen molar-refractivity contribution in [3.05, 3.63) is 77.9 Å². The van der Waals surface area contributed by atoms with Crippen molar-refractivity contribution >= 4 is 34.7 Å². The van der Waals surface area contributed by atoms with Gasteiger partial charge in [0.1, 0.15) is 6.04 Å². The lowest BCUT2D eigenvalue weighted by Gasteiger charge is -2.28. The van der Waals surface area contributed by atoms with Crippen molar-refractivity contribution in [2.24, 2.45) is 0 Å². The SMILES string of the molecule is CN(CC(=O)N1CC(C)(c2ccccc2NC=O)CC1C#N)C(=O)c1ccc2ccccc2c1. The molecule has 34 heavy (non-hydrogen) atoms. The van der Waals surface area contributed by atoms with Crippen LogP contribution in [0.5, 0.6) is 0 Å². The fraction of sp³-hybridized carbons (Fsp3) is 0.259. The summed E-state index contributed by atoms with van der Waals surface area (Å²) in [6, 6.07) is 22.3. The molecule has 1 N–H and O–H groups in total. The molecule has 7 nitrogen and oxygen atoms in total. The smallest absolute Gasteiger partial charge is 0.254 e. The standard InChI is InChI=1S/C27H26N4O3/c1-27(23-9-5-6-10-24(23)29-18-32)14-22(15-28)31(17-27)25(33)16-30(2)26(34)21-12-11-19-7-3-4-8-20(19)13-21/h3-13,18,22H,14,16-17H2,1-2H3,(H,29,32).